The number of aromatic nitrogens is 2. The fourth-order valence-corrected chi connectivity index (χ4v) is 2.81. The van der Waals surface area contributed by atoms with Gasteiger partial charge in [-0.05, 0) is 24.5 Å². The summed E-state index contributed by atoms with van der Waals surface area (Å²) in [5.41, 5.74) is 2.26. The second-order valence-electron chi connectivity index (χ2n) is 4.71. The number of nitrogens with zero attached hydrogens (tertiary/aromatic N) is 3. The molecule has 1 aromatic heterocycles. The van der Waals surface area contributed by atoms with E-state index in [-0.39, 0.29) is 0 Å². The Kier molecular flexibility index (Phi) is 2.71. The average Bonchev–Trinajstić information content (AvgIpc) is 2.95. The maximum Gasteiger partial charge on any atom is 0.206 e. The standard InChI is InChI=1S/C13H16ClN3/c1-16-12-5-3-2-4-11(12)15-13(16)17-7-6-10(8-14)9-17/h2-5,10H,6-9H2,1H3. The summed E-state index contributed by atoms with van der Waals surface area (Å²) in [6.07, 6.45) is 1.17. The number of alkyl halides is 1. The SMILES string of the molecule is Cn1c(N2CCC(CCl)C2)nc2ccccc21. The van der Waals surface area contributed by atoms with E-state index in [2.05, 4.69) is 34.7 Å². The molecule has 0 aliphatic carbocycles. The highest BCUT2D eigenvalue weighted by atomic mass is 35.5. The van der Waals surface area contributed by atoms with Crippen LogP contribution in [0, 0.1) is 5.92 Å². The zero-order valence-electron chi connectivity index (χ0n) is 9.93. The normalized spacial score (nSPS) is 20.4. The van der Waals surface area contributed by atoms with Gasteiger partial charge in [-0.15, -0.1) is 11.6 Å². The number of rotatable bonds is 2. The Morgan fingerprint density at radius 1 is 1.41 bits per heavy atom. The fraction of sp³-hybridized carbons (Fsp3) is 0.462. The minimum absolute atomic E-state index is 0.608. The summed E-state index contributed by atoms with van der Waals surface area (Å²) in [4.78, 5) is 7.05. The molecule has 0 spiro atoms. The summed E-state index contributed by atoms with van der Waals surface area (Å²) in [5, 5.41) is 0. The molecule has 0 amide bonds. The molecule has 2 aromatic rings. The highest BCUT2D eigenvalue weighted by Gasteiger charge is 2.25. The Labute approximate surface area is 106 Å². The second-order valence-corrected chi connectivity index (χ2v) is 5.02. The Morgan fingerprint density at radius 3 is 2.94 bits per heavy atom. The van der Waals surface area contributed by atoms with Crippen molar-refractivity contribution >= 4 is 28.6 Å². The first kappa shape index (κ1) is 10.9. The lowest BCUT2D eigenvalue weighted by molar-refractivity contribution is 0.664. The predicted octanol–water partition coefficient (Wildman–Crippen LogP) is 2.64. The monoisotopic (exact) mass is 249 g/mol. The number of benzene rings is 1. The van der Waals surface area contributed by atoms with E-state index < -0.39 is 0 Å². The van der Waals surface area contributed by atoms with Crippen molar-refractivity contribution in [3.63, 3.8) is 0 Å². The number of halogens is 1. The molecule has 4 heteroatoms. The van der Waals surface area contributed by atoms with Gasteiger partial charge in [0.15, 0.2) is 0 Å². The molecule has 1 atom stereocenters. The van der Waals surface area contributed by atoms with Crippen molar-refractivity contribution in [2.75, 3.05) is 23.9 Å². The molecular weight excluding hydrogens is 234 g/mol. The van der Waals surface area contributed by atoms with E-state index in [1.807, 2.05) is 6.07 Å². The van der Waals surface area contributed by atoms with Crippen molar-refractivity contribution in [2.45, 2.75) is 6.42 Å². The first-order valence-electron chi connectivity index (χ1n) is 6.02. The van der Waals surface area contributed by atoms with Crippen molar-refractivity contribution < 1.29 is 0 Å². The van der Waals surface area contributed by atoms with Gasteiger partial charge in [-0.1, -0.05) is 12.1 Å². The number of anilines is 1. The molecule has 0 bridgehead atoms. The maximum atomic E-state index is 5.93. The van der Waals surface area contributed by atoms with Crippen molar-refractivity contribution in [1.29, 1.82) is 0 Å². The third-order valence-corrected chi connectivity index (χ3v) is 3.99. The topological polar surface area (TPSA) is 21.1 Å². The first-order valence-corrected chi connectivity index (χ1v) is 6.55. The average molecular weight is 250 g/mol. The lowest BCUT2D eigenvalue weighted by Crippen LogP contribution is -2.23. The third kappa shape index (κ3) is 1.78. The summed E-state index contributed by atoms with van der Waals surface area (Å²) in [6.45, 7) is 2.09. The summed E-state index contributed by atoms with van der Waals surface area (Å²) >= 11 is 5.93. The van der Waals surface area contributed by atoms with E-state index in [9.17, 15) is 0 Å². The Morgan fingerprint density at radius 2 is 2.24 bits per heavy atom. The molecular formula is C13H16ClN3. The van der Waals surface area contributed by atoms with Crippen LogP contribution in [0.4, 0.5) is 5.95 Å². The van der Waals surface area contributed by atoms with Crippen LogP contribution >= 0.6 is 11.6 Å². The van der Waals surface area contributed by atoms with Crippen molar-refractivity contribution in [3.05, 3.63) is 24.3 Å². The first-order chi connectivity index (χ1) is 8.29. The smallest absolute Gasteiger partial charge is 0.206 e. The van der Waals surface area contributed by atoms with Gasteiger partial charge in [0.2, 0.25) is 5.95 Å². The van der Waals surface area contributed by atoms with Crippen LogP contribution in [0.25, 0.3) is 11.0 Å². The van der Waals surface area contributed by atoms with Gasteiger partial charge in [0.25, 0.3) is 0 Å². The number of hydrogen-bond donors (Lipinski definition) is 0. The molecule has 1 aromatic carbocycles. The molecule has 2 heterocycles. The Bertz CT molecular complexity index is 534. The predicted molar refractivity (Wildman–Crippen MR) is 71.8 cm³/mol. The van der Waals surface area contributed by atoms with Crippen LogP contribution in [0.5, 0.6) is 0 Å². The highest BCUT2D eigenvalue weighted by Crippen LogP contribution is 2.26. The van der Waals surface area contributed by atoms with Crippen LogP contribution in [0.15, 0.2) is 24.3 Å². The molecule has 17 heavy (non-hydrogen) atoms. The number of fused-ring (bicyclic) bond motifs is 1. The number of hydrogen-bond acceptors (Lipinski definition) is 2. The van der Waals surface area contributed by atoms with Crippen molar-refractivity contribution in [3.8, 4) is 0 Å². The van der Waals surface area contributed by atoms with Crippen LogP contribution in [0.1, 0.15) is 6.42 Å². The number of aryl methyl sites for hydroxylation is 1. The number of imidazole rings is 1. The van der Waals surface area contributed by atoms with Crippen LogP contribution in [-0.2, 0) is 7.05 Å². The molecule has 3 rings (SSSR count). The van der Waals surface area contributed by atoms with Crippen LogP contribution in [0.3, 0.4) is 0 Å². The van der Waals surface area contributed by atoms with Crippen molar-refractivity contribution in [1.82, 2.24) is 9.55 Å². The van der Waals surface area contributed by atoms with Crippen LogP contribution in [0.2, 0.25) is 0 Å². The Balaban J connectivity index is 1.98. The van der Waals surface area contributed by atoms with Crippen LogP contribution in [-0.4, -0.2) is 28.5 Å². The molecule has 0 saturated carbocycles. The van der Waals surface area contributed by atoms with Gasteiger partial charge in [-0.2, -0.15) is 0 Å². The molecule has 90 valence electrons. The fourth-order valence-electron chi connectivity index (χ4n) is 2.56. The van der Waals surface area contributed by atoms with E-state index in [0.717, 1.165) is 30.4 Å². The largest absolute Gasteiger partial charge is 0.342 e. The van der Waals surface area contributed by atoms with E-state index in [4.69, 9.17) is 16.6 Å². The van der Waals surface area contributed by atoms with Gasteiger partial charge >= 0.3 is 0 Å². The Hall–Kier alpha value is -1.22. The molecule has 0 radical (unpaired) electrons. The summed E-state index contributed by atoms with van der Waals surface area (Å²) in [7, 11) is 2.08. The summed E-state index contributed by atoms with van der Waals surface area (Å²) in [6, 6.07) is 8.26. The van der Waals surface area contributed by atoms with Gasteiger partial charge in [0.1, 0.15) is 0 Å². The van der Waals surface area contributed by atoms with Crippen molar-refractivity contribution in [2.24, 2.45) is 13.0 Å². The maximum absolute atomic E-state index is 5.93. The third-order valence-electron chi connectivity index (χ3n) is 3.55. The zero-order chi connectivity index (χ0) is 11.8. The molecule has 3 nitrogen and oxygen atoms in total. The highest BCUT2D eigenvalue weighted by molar-refractivity contribution is 6.18. The van der Waals surface area contributed by atoms with Gasteiger partial charge < -0.3 is 9.47 Å². The zero-order valence-corrected chi connectivity index (χ0v) is 10.7. The lowest BCUT2D eigenvalue weighted by Gasteiger charge is -2.17. The quantitative estimate of drug-likeness (QED) is 0.763. The molecule has 0 N–H and O–H groups in total. The molecule has 1 saturated heterocycles. The summed E-state index contributed by atoms with van der Waals surface area (Å²) < 4.78 is 2.17. The molecule has 1 fully saturated rings. The summed E-state index contributed by atoms with van der Waals surface area (Å²) in [5.74, 6) is 2.43. The van der Waals surface area contributed by atoms with E-state index >= 15 is 0 Å². The van der Waals surface area contributed by atoms with Gasteiger partial charge in [0.05, 0.1) is 11.0 Å². The minimum atomic E-state index is 0.608. The van der Waals surface area contributed by atoms with E-state index in [0.29, 0.717) is 5.92 Å². The molecule has 1 aliphatic rings. The second kappa shape index (κ2) is 4.22. The lowest BCUT2D eigenvalue weighted by atomic mass is 10.2. The van der Waals surface area contributed by atoms with Gasteiger partial charge in [-0.3, -0.25) is 0 Å². The molecule has 1 unspecified atom stereocenters. The van der Waals surface area contributed by atoms with Gasteiger partial charge in [-0.25, -0.2) is 4.98 Å². The van der Waals surface area contributed by atoms with E-state index in [1.54, 1.807) is 0 Å². The number of para-hydroxylation sites is 2. The van der Waals surface area contributed by atoms with Crippen LogP contribution < -0.4 is 4.90 Å². The molecule has 1 aliphatic heterocycles. The van der Waals surface area contributed by atoms with Gasteiger partial charge in [0, 0.05) is 26.0 Å². The van der Waals surface area contributed by atoms with E-state index in [1.165, 1.54) is 11.9 Å². The minimum Gasteiger partial charge on any atom is -0.342 e.